The Labute approximate surface area is 117 Å². The first kappa shape index (κ1) is 13.6. The Morgan fingerprint density at radius 3 is 2.70 bits per heavy atom. The number of carbonyl (C=O) groups is 2. The summed E-state index contributed by atoms with van der Waals surface area (Å²) < 4.78 is 5.06. The van der Waals surface area contributed by atoms with Crippen molar-refractivity contribution in [1.82, 2.24) is 0 Å². The average Bonchev–Trinajstić information content (AvgIpc) is 2.52. The predicted molar refractivity (Wildman–Crippen MR) is 76.0 cm³/mol. The zero-order valence-electron chi connectivity index (χ0n) is 10.9. The number of hydrogen-bond donors (Lipinski definition) is 0. The van der Waals surface area contributed by atoms with Crippen LogP contribution in [0.2, 0.25) is 0 Å². The van der Waals surface area contributed by atoms with Gasteiger partial charge in [0.1, 0.15) is 5.75 Å². The lowest BCUT2D eigenvalue weighted by molar-refractivity contribution is 0.105. The Bertz CT molecular complexity index is 705. The average molecular weight is 264 g/mol. The van der Waals surface area contributed by atoms with Crippen molar-refractivity contribution >= 4 is 12.1 Å². The molecule has 0 saturated carbocycles. The number of rotatable bonds is 3. The number of aldehydes is 1. The highest BCUT2D eigenvalue weighted by Crippen LogP contribution is 2.13. The maximum absolute atomic E-state index is 12.0. The molecule has 0 heterocycles. The van der Waals surface area contributed by atoms with Crippen molar-refractivity contribution in [2.75, 3.05) is 7.11 Å². The van der Waals surface area contributed by atoms with E-state index in [1.165, 1.54) is 7.11 Å². The Morgan fingerprint density at radius 2 is 1.95 bits per heavy atom. The molecule has 2 aromatic carbocycles. The van der Waals surface area contributed by atoms with Crippen LogP contribution >= 0.6 is 0 Å². The summed E-state index contributed by atoms with van der Waals surface area (Å²) >= 11 is 0. The van der Waals surface area contributed by atoms with Crippen LogP contribution < -0.4 is 4.74 Å². The van der Waals surface area contributed by atoms with Crippen molar-refractivity contribution in [1.29, 1.82) is 0 Å². The van der Waals surface area contributed by atoms with Crippen molar-refractivity contribution in [3.63, 3.8) is 0 Å². The molecule has 0 spiro atoms. The largest absolute Gasteiger partial charge is 0.497 e. The molecule has 0 unspecified atom stereocenters. The summed E-state index contributed by atoms with van der Waals surface area (Å²) in [5.74, 6) is 5.55. The Kier molecular flexibility index (Phi) is 4.31. The molecule has 0 fully saturated rings. The lowest BCUT2D eigenvalue weighted by Crippen LogP contribution is -1.96. The van der Waals surface area contributed by atoms with Crippen LogP contribution in [0.5, 0.6) is 5.75 Å². The standard InChI is InChI=1S/C17H12O3/c1-20-16-8-4-7-14(11-16)17(19)10-9-13-5-2-3-6-15(13)12-18/h2-8,11-12H,1H3. The van der Waals surface area contributed by atoms with E-state index in [4.69, 9.17) is 4.74 Å². The van der Waals surface area contributed by atoms with Gasteiger partial charge >= 0.3 is 0 Å². The number of hydrogen-bond acceptors (Lipinski definition) is 3. The van der Waals surface area contributed by atoms with Gasteiger partial charge in [-0.25, -0.2) is 0 Å². The first-order valence-corrected chi connectivity index (χ1v) is 5.99. The Hall–Kier alpha value is -2.86. The van der Waals surface area contributed by atoms with Crippen LogP contribution in [0.15, 0.2) is 48.5 Å². The highest BCUT2D eigenvalue weighted by molar-refractivity contribution is 6.09. The normalized spacial score (nSPS) is 9.25. The molecule has 0 atom stereocenters. The number of ketones is 1. The quantitative estimate of drug-likeness (QED) is 0.486. The molecule has 2 rings (SSSR count). The molecule has 3 heteroatoms. The third-order valence-electron chi connectivity index (χ3n) is 2.73. The van der Waals surface area contributed by atoms with E-state index in [0.29, 0.717) is 22.4 Å². The first-order chi connectivity index (χ1) is 9.74. The Balaban J connectivity index is 2.28. The van der Waals surface area contributed by atoms with Gasteiger partial charge in [0, 0.05) is 16.7 Å². The van der Waals surface area contributed by atoms with E-state index in [-0.39, 0.29) is 5.78 Å². The topological polar surface area (TPSA) is 43.4 Å². The molecule has 20 heavy (non-hydrogen) atoms. The van der Waals surface area contributed by atoms with E-state index in [2.05, 4.69) is 11.8 Å². The van der Waals surface area contributed by atoms with Crippen molar-refractivity contribution < 1.29 is 14.3 Å². The van der Waals surface area contributed by atoms with Gasteiger partial charge in [0.2, 0.25) is 5.78 Å². The van der Waals surface area contributed by atoms with Gasteiger partial charge in [-0.2, -0.15) is 0 Å². The number of carbonyl (C=O) groups excluding carboxylic acids is 2. The van der Waals surface area contributed by atoms with Gasteiger partial charge < -0.3 is 4.74 Å². The molecule has 0 aliphatic carbocycles. The first-order valence-electron chi connectivity index (χ1n) is 5.99. The minimum absolute atomic E-state index is 0.315. The van der Waals surface area contributed by atoms with Crippen LogP contribution in [0.3, 0.4) is 0 Å². The second kappa shape index (κ2) is 6.35. The third-order valence-corrected chi connectivity index (χ3v) is 2.73. The monoisotopic (exact) mass is 264 g/mol. The highest BCUT2D eigenvalue weighted by Gasteiger charge is 2.03. The fourth-order valence-corrected chi connectivity index (χ4v) is 1.67. The highest BCUT2D eigenvalue weighted by atomic mass is 16.5. The van der Waals surface area contributed by atoms with E-state index in [0.717, 1.165) is 6.29 Å². The summed E-state index contributed by atoms with van der Waals surface area (Å²) in [5, 5.41) is 0. The molecule has 3 nitrogen and oxygen atoms in total. The van der Waals surface area contributed by atoms with Crippen molar-refractivity contribution in [3.05, 3.63) is 65.2 Å². The summed E-state index contributed by atoms with van der Waals surface area (Å²) in [6, 6.07) is 13.7. The minimum atomic E-state index is -0.315. The second-order valence-electron chi connectivity index (χ2n) is 4.02. The van der Waals surface area contributed by atoms with Crippen molar-refractivity contribution in [3.8, 4) is 17.6 Å². The lowest BCUT2D eigenvalue weighted by atomic mass is 10.1. The molecule has 0 bridgehead atoms. The van der Waals surface area contributed by atoms with Crippen LogP contribution in [-0.2, 0) is 0 Å². The van der Waals surface area contributed by atoms with Crippen molar-refractivity contribution in [2.45, 2.75) is 0 Å². The molecular formula is C17H12O3. The maximum Gasteiger partial charge on any atom is 0.236 e. The van der Waals surface area contributed by atoms with Crippen LogP contribution in [0.25, 0.3) is 0 Å². The third kappa shape index (κ3) is 3.12. The molecule has 0 saturated heterocycles. The van der Waals surface area contributed by atoms with Crippen molar-refractivity contribution in [2.24, 2.45) is 0 Å². The Morgan fingerprint density at radius 1 is 1.15 bits per heavy atom. The zero-order valence-corrected chi connectivity index (χ0v) is 10.9. The van der Waals surface area contributed by atoms with E-state index in [1.54, 1.807) is 48.5 Å². The number of methoxy groups -OCH3 is 1. The fourth-order valence-electron chi connectivity index (χ4n) is 1.67. The summed E-state index contributed by atoms with van der Waals surface area (Å²) in [4.78, 5) is 22.8. The molecule has 0 aromatic heterocycles. The van der Waals surface area contributed by atoms with Crippen LogP contribution in [0, 0.1) is 11.8 Å². The van der Waals surface area contributed by atoms with Gasteiger partial charge in [-0.15, -0.1) is 0 Å². The molecule has 0 aliphatic rings. The summed E-state index contributed by atoms with van der Waals surface area (Å²) in [7, 11) is 1.54. The summed E-state index contributed by atoms with van der Waals surface area (Å²) in [6.07, 6.45) is 0.722. The molecule has 0 N–H and O–H groups in total. The molecule has 98 valence electrons. The maximum atomic E-state index is 12.0. The molecular weight excluding hydrogens is 252 g/mol. The SMILES string of the molecule is COc1cccc(C(=O)C#Cc2ccccc2C=O)c1. The van der Waals surface area contributed by atoms with Crippen LogP contribution in [0.4, 0.5) is 0 Å². The number of Topliss-reactive ketones (excluding diaryl/α,β-unsaturated/α-hetero) is 1. The summed E-state index contributed by atoms with van der Waals surface area (Å²) in [6.45, 7) is 0. The van der Waals surface area contributed by atoms with Gasteiger partial charge in [-0.05, 0) is 24.1 Å². The second-order valence-corrected chi connectivity index (χ2v) is 4.02. The minimum Gasteiger partial charge on any atom is -0.497 e. The van der Waals surface area contributed by atoms with E-state index < -0.39 is 0 Å². The van der Waals surface area contributed by atoms with E-state index in [9.17, 15) is 9.59 Å². The molecule has 0 aliphatic heterocycles. The van der Waals surface area contributed by atoms with Gasteiger partial charge in [0.15, 0.2) is 6.29 Å². The van der Waals surface area contributed by atoms with E-state index >= 15 is 0 Å². The van der Waals surface area contributed by atoms with E-state index in [1.807, 2.05) is 0 Å². The molecule has 2 aromatic rings. The van der Waals surface area contributed by atoms with Gasteiger partial charge in [-0.1, -0.05) is 36.3 Å². The fraction of sp³-hybridized carbons (Fsp3) is 0.0588. The van der Waals surface area contributed by atoms with Gasteiger partial charge in [-0.3, -0.25) is 9.59 Å². The number of ether oxygens (including phenoxy) is 1. The van der Waals surface area contributed by atoms with Gasteiger partial charge in [0.05, 0.1) is 7.11 Å². The lowest BCUT2D eigenvalue weighted by Gasteiger charge is -2.00. The zero-order chi connectivity index (χ0) is 14.4. The predicted octanol–water partition coefficient (Wildman–Crippen LogP) is 2.74. The summed E-state index contributed by atoms with van der Waals surface area (Å²) in [5.41, 5.74) is 1.47. The van der Waals surface area contributed by atoms with Crippen LogP contribution in [-0.4, -0.2) is 19.2 Å². The van der Waals surface area contributed by atoms with Gasteiger partial charge in [0.25, 0.3) is 0 Å². The number of benzene rings is 2. The smallest absolute Gasteiger partial charge is 0.236 e. The van der Waals surface area contributed by atoms with Crippen LogP contribution in [0.1, 0.15) is 26.3 Å². The molecule has 0 radical (unpaired) electrons. The molecule has 0 amide bonds.